The minimum atomic E-state index is -0.412. The van der Waals surface area contributed by atoms with Crippen LogP contribution < -0.4 is 5.32 Å². The highest BCUT2D eigenvalue weighted by Gasteiger charge is 2.41. The van der Waals surface area contributed by atoms with Crippen molar-refractivity contribution in [3.63, 3.8) is 0 Å². The minimum Gasteiger partial charge on any atom is -0.348 e. The van der Waals surface area contributed by atoms with Crippen molar-refractivity contribution in [1.82, 2.24) is 10.2 Å². The van der Waals surface area contributed by atoms with Crippen LogP contribution in [0.3, 0.4) is 0 Å². The van der Waals surface area contributed by atoms with E-state index in [2.05, 4.69) is 5.32 Å². The fraction of sp³-hybridized carbons (Fsp3) is 0.632. The Morgan fingerprint density at radius 2 is 1.84 bits per heavy atom. The molecule has 1 saturated heterocycles. The van der Waals surface area contributed by atoms with Crippen LogP contribution in [-0.4, -0.2) is 42.0 Å². The van der Waals surface area contributed by atoms with Crippen molar-refractivity contribution in [2.75, 3.05) is 13.2 Å². The summed E-state index contributed by atoms with van der Waals surface area (Å²) in [6.07, 6.45) is 5.33. The lowest BCUT2D eigenvalue weighted by Crippen LogP contribution is -2.49. The van der Waals surface area contributed by atoms with Gasteiger partial charge in [-0.25, -0.2) is 9.18 Å². The van der Waals surface area contributed by atoms with E-state index in [0.29, 0.717) is 25.3 Å². The highest BCUT2D eigenvalue weighted by molar-refractivity contribution is 5.75. The Balaban J connectivity index is 1.35. The zero-order chi connectivity index (χ0) is 17.3. The van der Waals surface area contributed by atoms with Gasteiger partial charge in [-0.1, -0.05) is 18.2 Å². The van der Waals surface area contributed by atoms with Gasteiger partial charge in [0.05, 0.1) is 19.8 Å². The van der Waals surface area contributed by atoms with Crippen LogP contribution in [0.5, 0.6) is 0 Å². The van der Waals surface area contributed by atoms with Gasteiger partial charge in [-0.3, -0.25) is 0 Å². The van der Waals surface area contributed by atoms with E-state index in [4.69, 9.17) is 9.47 Å². The summed E-state index contributed by atoms with van der Waals surface area (Å²) in [5.74, 6) is -0.666. The van der Waals surface area contributed by atoms with E-state index in [1.165, 1.54) is 6.07 Å². The number of ether oxygens (including phenoxy) is 2. The van der Waals surface area contributed by atoms with Gasteiger partial charge in [-0.2, -0.15) is 0 Å². The van der Waals surface area contributed by atoms with Crippen LogP contribution in [0.1, 0.15) is 44.1 Å². The van der Waals surface area contributed by atoms with Crippen LogP contribution >= 0.6 is 0 Å². The Bertz CT molecular complexity index is 619. The molecule has 0 aromatic heterocycles. The second-order valence-corrected chi connectivity index (χ2v) is 7.28. The summed E-state index contributed by atoms with van der Waals surface area (Å²) >= 11 is 0. The quantitative estimate of drug-likeness (QED) is 0.909. The van der Waals surface area contributed by atoms with Crippen molar-refractivity contribution in [3.8, 4) is 0 Å². The first-order valence-corrected chi connectivity index (χ1v) is 9.24. The Labute approximate surface area is 147 Å². The molecule has 3 aliphatic rings. The summed E-state index contributed by atoms with van der Waals surface area (Å²) in [4.78, 5) is 14.5. The van der Waals surface area contributed by atoms with E-state index in [1.54, 1.807) is 17.0 Å². The molecule has 2 aliphatic carbocycles. The number of hydrogen-bond acceptors (Lipinski definition) is 3. The Kier molecular flexibility index (Phi) is 4.65. The maximum absolute atomic E-state index is 13.9. The molecule has 1 N–H and O–H groups in total. The average molecular weight is 348 g/mol. The van der Waals surface area contributed by atoms with Gasteiger partial charge in [0, 0.05) is 30.5 Å². The number of rotatable bonds is 4. The first-order chi connectivity index (χ1) is 12.2. The number of nitrogens with one attached hydrogen (secondary N) is 1. The number of nitrogens with zero attached hydrogens (tertiary/aromatic N) is 1. The van der Waals surface area contributed by atoms with E-state index >= 15 is 0 Å². The van der Waals surface area contributed by atoms with Gasteiger partial charge in [0.1, 0.15) is 5.82 Å². The highest BCUT2D eigenvalue weighted by Crippen LogP contribution is 2.36. The third kappa shape index (κ3) is 3.80. The van der Waals surface area contributed by atoms with Crippen molar-refractivity contribution >= 4 is 6.03 Å². The molecule has 25 heavy (non-hydrogen) atoms. The molecule has 1 aromatic carbocycles. The fourth-order valence-corrected chi connectivity index (χ4v) is 3.81. The first-order valence-electron chi connectivity index (χ1n) is 9.24. The molecule has 0 radical (unpaired) electrons. The number of amides is 2. The third-order valence-electron chi connectivity index (χ3n) is 5.44. The van der Waals surface area contributed by atoms with E-state index in [9.17, 15) is 9.18 Å². The molecule has 0 unspecified atom stereocenters. The van der Waals surface area contributed by atoms with Crippen molar-refractivity contribution in [1.29, 1.82) is 0 Å². The fourth-order valence-electron chi connectivity index (χ4n) is 3.81. The van der Waals surface area contributed by atoms with Gasteiger partial charge in [-0.15, -0.1) is 0 Å². The molecule has 4 rings (SSSR count). The standard InChI is InChI=1S/C19H25FN2O3/c20-17-4-2-1-3-14(17)13-22(16-5-6-16)18(23)21-15-7-9-19(10-8-15)24-11-12-25-19/h1-4,15-16H,5-13H2,(H,21,23). The second kappa shape index (κ2) is 6.92. The average Bonchev–Trinajstić information content (AvgIpc) is 3.36. The van der Waals surface area contributed by atoms with Crippen LogP contribution in [0.2, 0.25) is 0 Å². The van der Waals surface area contributed by atoms with Crippen molar-refractivity contribution < 1.29 is 18.7 Å². The number of carbonyl (C=O) groups excluding carboxylic acids is 1. The van der Waals surface area contributed by atoms with Crippen molar-refractivity contribution in [3.05, 3.63) is 35.6 Å². The SMILES string of the molecule is O=C(NC1CCC2(CC1)OCCO2)N(Cc1ccccc1F)C1CC1. The van der Waals surface area contributed by atoms with Crippen LogP contribution in [0, 0.1) is 5.82 Å². The normalized spacial score (nSPS) is 22.9. The molecule has 3 fully saturated rings. The third-order valence-corrected chi connectivity index (χ3v) is 5.44. The largest absolute Gasteiger partial charge is 0.348 e. The summed E-state index contributed by atoms with van der Waals surface area (Å²) in [5, 5.41) is 3.14. The Morgan fingerprint density at radius 1 is 1.16 bits per heavy atom. The van der Waals surface area contributed by atoms with Crippen LogP contribution in [-0.2, 0) is 16.0 Å². The molecule has 2 saturated carbocycles. The maximum atomic E-state index is 13.9. The summed E-state index contributed by atoms with van der Waals surface area (Å²) in [6, 6.07) is 6.95. The van der Waals surface area contributed by atoms with Gasteiger partial charge in [0.25, 0.3) is 0 Å². The molecule has 6 heteroatoms. The number of carbonyl (C=O) groups is 1. The van der Waals surface area contributed by atoms with Gasteiger partial charge in [-0.05, 0) is 31.7 Å². The lowest BCUT2D eigenvalue weighted by Gasteiger charge is -2.36. The summed E-state index contributed by atoms with van der Waals surface area (Å²) < 4.78 is 25.4. The number of benzene rings is 1. The highest BCUT2D eigenvalue weighted by atomic mass is 19.1. The molecule has 1 aliphatic heterocycles. The van der Waals surface area contributed by atoms with E-state index < -0.39 is 5.79 Å². The molecule has 0 atom stereocenters. The van der Waals surface area contributed by atoms with Crippen LogP contribution in [0.25, 0.3) is 0 Å². The monoisotopic (exact) mass is 348 g/mol. The van der Waals surface area contributed by atoms with E-state index in [-0.39, 0.29) is 23.9 Å². The lowest BCUT2D eigenvalue weighted by molar-refractivity contribution is -0.179. The zero-order valence-corrected chi connectivity index (χ0v) is 14.4. The first kappa shape index (κ1) is 16.8. The molecule has 5 nitrogen and oxygen atoms in total. The van der Waals surface area contributed by atoms with Gasteiger partial charge in [0.2, 0.25) is 0 Å². The number of hydrogen-bond donors (Lipinski definition) is 1. The van der Waals surface area contributed by atoms with Gasteiger partial charge >= 0.3 is 6.03 Å². The molecule has 2 amide bonds. The van der Waals surface area contributed by atoms with Crippen molar-refractivity contribution in [2.45, 2.75) is 62.9 Å². The van der Waals surface area contributed by atoms with Crippen molar-refractivity contribution in [2.24, 2.45) is 0 Å². The smallest absolute Gasteiger partial charge is 0.318 e. The minimum absolute atomic E-state index is 0.0834. The molecular weight excluding hydrogens is 323 g/mol. The molecule has 0 bridgehead atoms. The van der Waals surface area contributed by atoms with Gasteiger partial charge < -0.3 is 19.7 Å². The lowest BCUT2D eigenvalue weighted by atomic mass is 9.90. The molecule has 1 heterocycles. The maximum Gasteiger partial charge on any atom is 0.318 e. The van der Waals surface area contributed by atoms with Gasteiger partial charge in [0.15, 0.2) is 5.79 Å². The summed E-state index contributed by atoms with van der Waals surface area (Å²) in [6.45, 7) is 1.65. The molecule has 136 valence electrons. The van der Waals surface area contributed by atoms with E-state index in [1.807, 2.05) is 6.07 Å². The Hall–Kier alpha value is -1.66. The molecule has 1 spiro atoms. The summed E-state index contributed by atoms with van der Waals surface area (Å²) in [5.41, 5.74) is 0.569. The zero-order valence-electron chi connectivity index (χ0n) is 14.4. The Morgan fingerprint density at radius 3 is 2.48 bits per heavy atom. The van der Waals surface area contributed by atoms with Crippen LogP contribution in [0.15, 0.2) is 24.3 Å². The number of urea groups is 1. The topological polar surface area (TPSA) is 50.8 Å². The predicted octanol–water partition coefficient (Wildman–Crippen LogP) is 3.19. The van der Waals surface area contributed by atoms with Crippen LogP contribution in [0.4, 0.5) is 9.18 Å². The van der Waals surface area contributed by atoms with E-state index in [0.717, 1.165) is 38.5 Å². The molecular formula is C19H25FN2O3. The predicted molar refractivity (Wildman–Crippen MR) is 90.4 cm³/mol. The second-order valence-electron chi connectivity index (χ2n) is 7.28. The summed E-state index contributed by atoms with van der Waals surface area (Å²) in [7, 11) is 0. The number of halogens is 1. The molecule has 1 aromatic rings.